The van der Waals surface area contributed by atoms with Gasteiger partial charge in [0.2, 0.25) is 11.8 Å². The average molecular weight is 425 g/mol. The molecule has 9 heteroatoms. The molecule has 27 heavy (non-hydrogen) atoms. The number of amides is 2. The summed E-state index contributed by atoms with van der Waals surface area (Å²) in [4.78, 5) is 26.2. The van der Waals surface area contributed by atoms with Crippen molar-refractivity contribution < 1.29 is 22.8 Å². The third kappa shape index (κ3) is 5.75. The van der Waals surface area contributed by atoms with Gasteiger partial charge in [0, 0.05) is 12.5 Å². The molecule has 4 nitrogen and oxygen atoms in total. The van der Waals surface area contributed by atoms with Crippen LogP contribution >= 0.6 is 23.2 Å². The predicted molar refractivity (Wildman–Crippen MR) is 98.8 cm³/mol. The summed E-state index contributed by atoms with van der Waals surface area (Å²) in [6.45, 7) is 1.62. The highest BCUT2D eigenvalue weighted by Crippen LogP contribution is 2.40. The smallest absolute Gasteiger partial charge is 0.333 e. The van der Waals surface area contributed by atoms with E-state index in [-0.39, 0.29) is 41.7 Å². The normalized spacial score (nSPS) is 20.2. The molecule has 0 saturated heterocycles. The number of benzene rings is 1. The summed E-state index contributed by atoms with van der Waals surface area (Å²) in [5.41, 5.74) is 0.240. The highest BCUT2D eigenvalue weighted by Gasteiger charge is 2.44. The fourth-order valence-electron chi connectivity index (χ4n) is 3.28. The van der Waals surface area contributed by atoms with Crippen LogP contribution in [0.25, 0.3) is 0 Å². The first-order valence-corrected chi connectivity index (χ1v) is 9.48. The number of likely N-dealkylation sites (N-methyl/N-ethyl adjacent to an activating group) is 1. The Morgan fingerprint density at radius 1 is 1.22 bits per heavy atom. The van der Waals surface area contributed by atoms with Gasteiger partial charge in [0.15, 0.2) is 0 Å². The van der Waals surface area contributed by atoms with E-state index in [1.54, 1.807) is 25.1 Å². The highest BCUT2D eigenvalue weighted by molar-refractivity contribution is 6.39. The van der Waals surface area contributed by atoms with E-state index in [4.69, 9.17) is 23.2 Å². The minimum Gasteiger partial charge on any atom is -0.333 e. The molecule has 1 fully saturated rings. The minimum atomic E-state index is -4.30. The highest BCUT2D eigenvalue weighted by atomic mass is 35.5. The number of hydrogen-bond acceptors (Lipinski definition) is 2. The van der Waals surface area contributed by atoms with E-state index in [0.29, 0.717) is 12.8 Å². The van der Waals surface area contributed by atoms with E-state index in [2.05, 4.69) is 5.32 Å². The van der Waals surface area contributed by atoms with Gasteiger partial charge in [0.1, 0.15) is 0 Å². The number of carbonyl (C=O) groups excluding carboxylic acids is 2. The summed E-state index contributed by atoms with van der Waals surface area (Å²) >= 11 is 12.0. The Labute approximate surface area is 166 Å². The van der Waals surface area contributed by atoms with Crippen LogP contribution in [0.2, 0.25) is 10.0 Å². The van der Waals surface area contributed by atoms with Crippen molar-refractivity contribution >= 4 is 40.7 Å². The average Bonchev–Trinajstić information content (AvgIpc) is 2.61. The van der Waals surface area contributed by atoms with E-state index in [1.165, 1.54) is 4.90 Å². The first-order chi connectivity index (χ1) is 12.6. The fourth-order valence-corrected chi connectivity index (χ4v) is 3.78. The maximum atomic E-state index is 13.0. The lowest BCUT2D eigenvalue weighted by atomic mass is 9.80. The molecular formula is C18H21Cl2F3N2O2. The number of nitrogens with one attached hydrogen (secondary N) is 1. The molecule has 1 aliphatic rings. The molecule has 2 amide bonds. The van der Waals surface area contributed by atoms with Gasteiger partial charge in [0.25, 0.3) is 0 Å². The van der Waals surface area contributed by atoms with Crippen molar-refractivity contribution in [3.8, 4) is 0 Å². The van der Waals surface area contributed by atoms with Gasteiger partial charge in [-0.1, -0.05) is 35.7 Å². The second-order valence-electron chi connectivity index (χ2n) is 6.60. The molecule has 2 rings (SSSR count). The van der Waals surface area contributed by atoms with E-state index >= 15 is 0 Å². The van der Waals surface area contributed by atoms with Crippen molar-refractivity contribution in [1.29, 1.82) is 0 Å². The monoisotopic (exact) mass is 424 g/mol. The lowest BCUT2D eigenvalue weighted by Crippen LogP contribution is -2.43. The van der Waals surface area contributed by atoms with Gasteiger partial charge >= 0.3 is 6.18 Å². The van der Waals surface area contributed by atoms with Crippen LogP contribution in [0.1, 0.15) is 32.6 Å². The quantitative estimate of drug-likeness (QED) is 0.710. The van der Waals surface area contributed by atoms with Crippen molar-refractivity contribution in [2.75, 3.05) is 18.4 Å². The second kappa shape index (κ2) is 9.15. The molecule has 1 N–H and O–H groups in total. The number of nitrogens with zero attached hydrogens (tertiary/aromatic N) is 1. The van der Waals surface area contributed by atoms with E-state index in [9.17, 15) is 22.8 Å². The van der Waals surface area contributed by atoms with Crippen LogP contribution in [0.15, 0.2) is 18.2 Å². The molecule has 0 heterocycles. The topological polar surface area (TPSA) is 49.4 Å². The molecule has 0 unspecified atom stereocenters. The molecule has 0 aromatic heterocycles. The number of carbonyl (C=O) groups is 2. The maximum absolute atomic E-state index is 13.0. The van der Waals surface area contributed by atoms with Gasteiger partial charge < -0.3 is 10.2 Å². The SMILES string of the molecule is CCN(CC(=O)Nc1c(Cl)cccc1Cl)C(=O)[C@H]1CCC[C@@H](C(F)(F)F)C1. The van der Waals surface area contributed by atoms with E-state index in [1.807, 2.05) is 0 Å². The lowest BCUT2D eigenvalue weighted by Gasteiger charge is -2.33. The molecule has 1 aliphatic carbocycles. The van der Waals surface area contributed by atoms with Crippen LogP contribution in [0, 0.1) is 11.8 Å². The molecule has 2 atom stereocenters. The number of rotatable bonds is 5. The fraction of sp³-hybridized carbons (Fsp3) is 0.556. The van der Waals surface area contributed by atoms with Crippen LogP contribution in [0.5, 0.6) is 0 Å². The Balaban J connectivity index is 2.01. The van der Waals surface area contributed by atoms with E-state index < -0.39 is 29.8 Å². The van der Waals surface area contributed by atoms with Crippen molar-refractivity contribution in [3.63, 3.8) is 0 Å². The summed E-state index contributed by atoms with van der Waals surface area (Å²) in [5.74, 6) is -3.12. The first kappa shape index (κ1) is 21.8. The summed E-state index contributed by atoms with van der Waals surface area (Å²) in [5, 5.41) is 3.07. The molecule has 1 aromatic rings. The summed E-state index contributed by atoms with van der Waals surface area (Å²) < 4.78 is 38.9. The largest absolute Gasteiger partial charge is 0.391 e. The summed E-state index contributed by atoms with van der Waals surface area (Å²) in [6.07, 6.45) is -3.73. The molecule has 1 saturated carbocycles. The Kier molecular flexibility index (Phi) is 7.40. The maximum Gasteiger partial charge on any atom is 0.391 e. The van der Waals surface area contributed by atoms with Gasteiger partial charge in [-0.05, 0) is 38.3 Å². The molecule has 0 aliphatic heterocycles. The molecule has 0 radical (unpaired) electrons. The van der Waals surface area contributed by atoms with Crippen molar-refractivity contribution in [2.45, 2.75) is 38.8 Å². The number of alkyl halides is 3. The third-order valence-electron chi connectivity index (χ3n) is 4.74. The molecule has 150 valence electrons. The van der Waals surface area contributed by atoms with Crippen molar-refractivity contribution in [1.82, 2.24) is 4.90 Å². The Morgan fingerprint density at radius 3 is 2.41 bits per heavy atom. The van der Waals surface area contributed by atoms with Gasteiger partial charge in [-0.15, -0.1) is 0 Å². The standard InChI is InChI=1S/C18H21Cl2F3N2O2/c1-2-25(10-15(26)24-16-13(19)7-4-8-14(16)20)17(27)11-5-3-6-12(9-11)18(21,22)23/h4,7-8,11-12H,2-3,5-6,9-10H2,1H3,(H,24,26)/t11-,12+/m0/s1. The zero-order chi connectivity index (χ0) is 20.2. The second-order valence-corrected chi connectivity index (χ2v) is 7.41. The third-order valence-corrected chi connectivity index (χ3v) is 5.37. The van der Waals surface area contributed by atoms with Crippen molar-refractivity contribution in [2.24, 2.45) is 11.8 Å². The van der Waals surface area contributed by atoms with Gasteiger partial charge in [-0.3, -0.25) is 9.59 Å². The molecular weight excluding hydrogens is 404 g/mol. The van der Waals surface area contributed by atoms with Crippen LogP contribution in [0.3, 0.4) is 0 Å². The lowest BCUT2D eigenvalue weighted by molar-refractivity contribution is -0.187. The molecule has 0 spiro atoms. The van der Waals surface area contributed by atoms with Crippen LogP contribution in [-0.4, -0.2) is 36.0 Å². The summed E-state index contributed by atoms with van der Waals surface area (Å²) in [6, 6.07) is 4.75. The van der Waals surface area contributed by atoms with E-state index in [0.717, 1.165) is 0 Å². The Morgan fingerprint density at radius 2 is 1.85 bits per heavy atom. The number of hydrogen-bond donors (Lipinski definition) is 1. The van der Waals surface area contributed by atoms with Gasteiger partial charge in [0.05, 0.1) is 28.2 Å². The zero-order valence-electron chi connectivity index (χ0n) is 14.8. The number of halogens is 5. The van der Waals surface area contributed by atoms with Crippen molar-refractivity contribution in [3.05, 3.63) is 28.2 Å². The zero-order valence-corrected chi connectivity index (χ0v) is 16.3. The predicted octanol–water partition coefficient (Wildman–Crippen LogP) is 5.15. The first-order valence-electron chi connectivity index (χ1n) is 8.72. The Bertz CT molecular complexity index is 677. The molecule has 1 aromatic carbocycles. The van der Waals surface area contributed by atoms with Gasteiger partial charge in [-0.2, -0.15) is 13.2 Å². The minimum absolute atomic E-state index is 0.0465. The van der Waals surface area contributed by atoms with Gasteiger partial charge in [-0.25, -0.2) is 0 Å². The van der Waals surface area contributed by atoms with Crippen LogP contribution in [-0.2, 0) is 9.59 Å². The number of para-hydroxylation sites is 1. The molecule has 0 bridgehead atoms. The van der Waals surface area contributed by atoms with Crippen LogP contribution < -0.4 is 5.32 Å². The van der Waals surface area contributed by atoms with Crippen LogP contribution in [0.4, 0.5) is 18.9 Å². The Hall–Kier alpha value is -1.47. The number of anilines is 1. The summed E-state index contributed by atoms with van der Waals surface area (Å²) in [7, 11) is 0.